The highest BCUT2D eigenvalue weighted by Gasteiger charge is 2.42. The number of carbonyl (C=O) groups excluding carboxylic acids is 1. The van der Waals surface area contributed by atoms with Crippen LogP contribution in [-0.4, -0.2) is 5.91 Å². The molecule has 0 aromatic heterocycles. The van der Waals surface area contributed by atoms with E-state index in [1.807, 2.05) is 0 Å². The molecule has 0 aliphatic heterocycles. The maximum absolute atomic E-state index is 12.5. The first kappa shape index (κ1) is 8.23. The molecule has 2 N–H and O–H groups in total. The summed E-state index contributed by atoms with van der Waals surface area (Å²) < 4.78 is 12.5. The van der Waals surface area contributed by atoms with E-state index in [4.69, 9.17) is 5.73 Å². The number of carbonyl (C=O) groups is 1. The number of hydrogen-bond acceptors (Lipinski definition) is 1. The Morgan fingerprint density at radius 2 is 2.00 bits per heavy atom. The largest absolute Gasteiger partial charge is 0.369 e. The van der Waals surface area contributed by atoms with Gasteiger partial charge in [0.1, 0.15) is 5.82 Å². The summed E-state index contributed by atoms with van der Waals surface area (Å²) in [5.41, 5.74) is 6.15. The summed E-state index contributed by atoms with van der Waals surface area (Å²) >= 11 is 0. The molecule has 0 spiro atoms. The summed E-state index contributed by atoms with van der Waals surface area (Å²) in [7, 11) is 0. The number of benzene rings is 1. The van der Waals surface area contributed by atoms with E-state index in [2.05, 4.69) is 0 Å². The van der Waals surface area contributed by atoms with Crippen molar-refractivity contribution in [3.8, 4) is 0 Å². The van der Waals surface area contributed by atoms with Crippen LogP contribution in [0.1, 0.15) is 17.9 Å². The third-order valence-corrected chi connectivity index (χ3v) is 2.45. The summed E-state index contributed by atoms with van der Waals surface area (Å²) in [6.07, 6.45) is 0.807. The molecular formula is C10H10FNO. The Kier molecular flexibility index (Phi) is 1.79. The predicted octanol–water partition coefficient (Wildman–Crippen LogP) is 1.41. The van der Waals surface area contributed by atoms with Crippen LogP contribution in [0.4, 0.5) is 4.39 Å². The maximum atomic E-state index is 12.5. The number of nitrogens with two attached hydrogens (primary N) is 1. The molecule has 68 valence electrons. The second-order valence-electron chi connectivity index (χ2n) is 3.40. The molecule has 3 heteroatoms. The van der Waals surface area contributed by atoms with Gasteiger partial charge in [0.2, 0.25) is 5.91 Å². The average molecular weight is 179 g/mol. The van der Waals surface area contributed by atoms with Crippen LogP contribution in [-0.2, 0) is 4.79 Å². The van der Waals surface area contributed by atoms with Gasteiger partial charge < -0.3 is 5.73 Å². The van der Waals surface area contributed by atoms with Crippen LogP contribution < -0.4 is 5.73 Å². The number of amides is 1. The highest BCUT2D eigenvalue weighted by Crippen LogP contribution is 2.46. The zero-order valence-electron chi connectivity index (χ0n) is 7.03. The van der Waals surface area contributed by atoms with Gasteiger partial charge in [0.05, 0.1) is 0 Å². The van der Waals surface area contributed by atoms with E-state index in [9.17, 15) is 9.18 Å². The van der Waals surface area contributed by atoms with Gasteiger partial charge in [-0.2, -0.15) is 0 Å². The fourth-order valence-electron chi connectivity index (χ4n) is 1.59. The van der Waals surface area contributed by atoms with Crippen molar-refractivity contribution in [2.75, 3.05) is 0 Å². The van der Waals surface area contributed by atoms with Crippen molar-refractivity contribution in [1.82, 2.24) is 0 Å². The fourth-order valence-corrected chi connectivity index (χ4v) is 1.59. The van der Waals surface area contributed by atoms with E-state index in [0.29, 0.717) is 0 Å². The molecule has 1 fully saturated rings. The second kappa shape index (κ2) is 2.83. The van der Waals surface area contributed by atoms with Crippen molar-refractivity contribution < 1.29 is 9.18 Å². The van der Waals surface area contributed by atoms with Crippen LogP contribution in [0.15, 0.2) is 24.3 Å². The lowest BCUT2D eigenvalue weighted by molar-refractivity contribution is -0.119. The zero-order valence-corrected chi connectivity index (χ0v) is 7.03. The van der Waals surface area contributed by atoms with E-state index >= 15 is 0 Å². The lowest BCUT2D eigenvalue weighted by Crippen LogP contribution is -2.13. The maximum Gasteiger partial charge on any atom is 0.221 e. The van der Waals surface area contributed by atoms with Crippen LogP contribution >= 0.6 is 0 Å². The van der Waals surface area contributed by atoms with Gasteiger partial charge in [-0.05, 0) is 30.0 Å². The Hall–Kier alpha value is -1.38. The minimum Gasteiger partial charge on any atom is -0.369 e. The number of hydrogen-bond donors (Lipinski definition) is 1. The molecule has 1 aromatic carbocycles. The summed E-state index contributed by atoms with van der Waals surface area (Å²) in [5, 5.41) is 0. The van der Waals surface area contributed by atoms with Crippen molar-refractivity contribution in [1.29, 1.82) is 0 Å². The Morgan fingerprint density at radius 1 is 1.38 bits per heavy atom. The van der Waals surface area contributed by atoms with Crippen LogP contribution in [0.2, 0.25) is 0 Å². The standard InChI is InChI=1S/C10H10FNO/c11-7-3-1-6(2-4-7)8-5-9(8)10(12)13/h1-4,8-9H,5H2,(H2,12,13)/t8-,9-/m0/s1. The molecule has 1 saturated carbocycles. The summed E-state index contributed by atoms with van der Waals surface area (Å²) in [4.78, 5) is 10.8. The third-order valence-electron chi connectivity index (χ3n) is 2.45. The molecule has 1 amide bonds. The molecule has 0 radical (unpaired) electrons. The Labute approximate surface area is 75.6 Å². The van der Waals surface area contributed by atoms with Crippen molar-refractivity contribution >= 4 is 5.91 Å². The Bertz CT molecular complexity index is 333. The van der Waals surface area contributed by atoms with Gasteiger partial charge in [0.25, 0.3) is 0 Å². The molecule has 0 unspecified atom stereocenters. The van der Waals surface area contributed by atoms with E-state index in [-0.39, 0.29) is 23.6 Å². The highest BCUT2D eigenvalue weighted by atomic mass is 19.1. The van der Waals surface area contributed by atoms with Crippen LogP contribution in [0.3, 0.4) is 0 Å². The lowest BCUT2D eigenvalue weighted by Gasteiger charge is -1.97. The molecule has 0 saturated heterocycles. The summed E-state index contributed by atoms with van der Waals surface area (Å²) in [5.74, 6) is -0.321. The van der Waals surface area contributed by atoms with Gasteiger partial charge in [0, 0.05) is 5.92 Å². The average Bonchev–Trinajstić information content (AvgIpc) is 2.85. The molecule has 0 bridgehead atoms. The highest BCUT2D eigenvalue weighted by molar-refractivity contribution is 5.81. The molecule has 0 heterocycles. The van der Waals surface area contributed by atoms with Gasteiger partial charge >= 0.3 is 0 Å². The van der Waals surface area contributed by atoms with Gasteiger partial charge in [0.15, 0.2) is 0 Å². The summed E-state index contributed by atoms with van der Waals surface area (Å²) in [6, 6.07) is 6.24. The summed E-state index contributed by atoms with van der Waals surface area (Å²) in [6.45, 7) is 0. The van der Waals surface area contributed by atoms with E-state index in [0.717, 1.165) is 12.0 Å². The first-order valence-corrected chi connectivity index (χ1v) is 4.23. The number of halogens is 1. The molecule has 1 aliphatic rings. The van der Waals surface area contributed by atoms with Crippen LogP contribution in [0, 0.1) is 11.7 Å². The van der Waals surface area contributed by atoms with E-state index < -0.39 is 0 Å². The molecule has 2 rings (SSSR count). The molecule has 13 heavy (non-hydrogen) atoms. The minimum atomic E-state index is -0.255. The molecule has 2 nitrogen and oxygen atoms in total. The zero-order chi connectivity index (χ0) is 9.42. The van der Waals surface area contributed by atoms with Gasteiger partial charge in [-0.25, -0.2) is 4.39 Å². The van der Waals surface area contributed by atoms with Crippen molar-refractivity contribution in [2.24, 2.45) is 11.7 Å². The van der Waals surface area contributed by atoms with Crippen LogP contribution in [0.25, 0.3) is 0 Å². The van der Waals surface area contributed by atoms with Gasteiger partial charge in [-0.3, -0.25) is 4.79 Å². The molecule has 2 atom stereocenters. The number of primary amides is 1. The van der Waals surface area contributed by atoms with Crippen LogP contribution in [0.5, 0.6) is 0 Å². The first-order valence-electron chi connectivity index (χ1n) is 4.23. The van der Waals surface area contributed by atoms with E-state index in [1.54, 1.807) is 12.1 Å². The van der Waals surface area contributed by atoms with E-state index in [1.165, 1.54) is 12.1 Å². The SMILES string of the molecule is NC(=O)[C@H]1C[C@H]1c1ccc(F)cc1. The lowest BCUT2D eigenvalue weighted by atomic mass is 10.1. The first-order chi connectivity index (χ1) is 6.18. The van der Waals surface area contributed by atoms with Gasteiger partial charge in [-0.1, -0.05) is 12.1 Å². The minimum absolute atomic E-state index is 0.0366. The third kappa shape index (κ3) is 1.54. The normalized spacial score (nSPS) is 25.6. The molecule has 1 aliphatic carbocycles. The molecular weight excluding hydrogens is 169 g/mol. The Morgan fingerprint density at radius 3 is 2.46 bits per heavy atom. The van der Waals surface area contributed by atoms with Crippen molar-refractivity contribution in [2.45, 2.75) is 12.3 Å². The second-order valence-corrected chi connectivity index (χ2v) is 3.40. The van der Waals surface area contributed by atoms with Gasteiger partial charge in [-0.15, -0.1) is 0 Å². The van der Waals surface area contributed by atoms with Crippen molar-refractivity contribution in [3.05, 3.63) is 35.6 Å². The Balaban J connectivity index is 2.12. The predicted molar refractivity (Wildman–Crippen MR) is 46.4 cm³/mol. The number of rotatable bonds is 2. The topological polar surface area (TPSA) is 43.1 Å². The van der Waals surface area contributed by atoms with Crippen molar-refractivity contribution in [3.63, 3.8) is 0 Å². The monoisotopic (exact) mass is 179 g/mol. The molecule has 1 aromatic rings. The quantitative estimate of drug-likeness (QED) is 0.732. The fraction of sp³-hybridized carbons (Fsp3) is 0.300. The smallest absolute Gasteiger partial charge is 0.221 e.